The first-order valence-corrected chi connectivity index (χ1v) is 7.45. The number of imidazole rings is 1. The van der Waals surface area contributed by atoms with Crippen LogP contribution in [0.1, 0.15) is 28.5 Å². The molecule has 0 unspecified atom stereocenters. The summed E-state index contributed by atoms with van der Waals surface area (Å²) < 4.78 is 6.86. The molecule has 3 rings (SSSR count). The van der Waals surface area contributed by atoms with Gasteiger partial charge in [0.15, 0.2) is 5.69 Å². The highest BCUT2D eigenvalue weighted by molar-refractivity contribution is 5.87. The molecule has 0 saturated carbocycles. The third-order valence-electron chi connectivity index (χ3n) is 3.54. The van der Waals surface area contributed by atoms with Crippen LogP contribution in [-0.4, -0.2) is 22.0 Å². The number of esters is 1. The first-order valence-electron chi connectivity index (χ1n) is 7.45. The number of carbonyl (C=O) groups is 1. The van der Waals surface area contributed by atoms with Gasteiger partial charge in [-0.15, -0.1) is 0 Å². The second kappa shape index (κ2) is 6.43. The topological polar surface area (TPSA) is 43.6 Å². The average Bonchev–Trinajstić information content (AvgIpc) is 2.97. The molecule has 1 aromatic carbocycles. The lowest BCUT2D eigenvalue weighted by Gasteiger charge is -2.03. The molecule has 0 radical (unpaired) electrons. The third kappa shape index (κ3) is 3.17. The van der Waals surface area contributed by atoms with Crippen LogP contribution in [0.3, 0.4) is 0 Å². The quantitative estimate of drug-likeness (QED) is 0.678. The number of carbonyl (C=O) groups excluding carboxylic acids is 1. The Kier molecular flexibility index (Phi) is 4.19. The smallest absolute Gasteiger partial charge is 0.358 e. The van der Waals surface area contributed by atoms with E-state index in [0.717, 1.165) is 18.5 Å². The number of nitrogens with zero attached hydrogens (tertiary/aromatic N) is 2. The normalized spacial score (nSPS) is 10.8. The number of fused-ring (bicyclic) bond motifs is 1. The lowest BCUT2D eigenvalue weighted by Crippen LogP contribution is -2.04. The van der Waals surface area contributed by atoms with Crippen LogP contribution in [0.4, 0.5) is 0 Å². The maximum absolute atomic E-state index is 11.7. The second-order valence-corrected chi connectivity index (χ2v) is 5.14. The second-order valence-electron chi connectivity index (χ2n) is 5.14. The van der Waals surface area contributed by atoms with Crippen molar-refractivity contribution in [2.75, 3.05) is 6.61 Å². The maximum Gasteiger partial charge on any atom is 0.358 e. The van der Waals surface area contributed by atoms with Gasteiger partial charge in [0.1, 0.15) is 5.65 Å². The fourth-order valence-corrected chi connectivity index (χ4v) is 2.42. The molecule has 0 aliphatic carbocycles. The Labute approximate surface area is 129 Å². The standard InChI is InChI=1S/C18H18N2O2/c1-2-22-18(21)16-13-20-12-15(10-11-17(20)19-16)9-8-14-6-4-3-5-7-14/h3-7,10-13H,2,8-9H2,1H3. The zero-order chi connectivity index (χ0) is 15.4. The zero-order valence-electron chi connectivity index (χ0n) is 12.5. The van der Waals surface area contributed by atoms with Crippen molar-refractivity contribution in [1.29, 1.82) is 0 Å². The van der Waals surface area contributed by atoms with Crippen molar-refractivity contribution < 1.29 is 9.53 Å². The van der Waals surface area contributed by atoms with E-state index in [1.807, 2.05) is 22.7 Å². The monoisotopic (exact) mass is 294 g/mol. The molecule has 4 heteroatoms. The number of hydrogen-bond acceptors (Lipinski definition) is 3. The van der Waals surface area contributed by atoms with Gasteiger partial charge in [-0.3, -0.25) is 0 Å². The number of hydrogen-bond donors (Lipinski definition) is 0. The van der Waals surface area contributed by atoms with E-state index in [9.17, 15) is 4.79 Å². The van der Waals surface area contributed by atoms with Gasteiger partial charge < -0.3 is 9.14 Å². The molecular weight excluding hydrogens is 276 g/mol. The van der Waals surface area contributed by atoms with Gasteiger partial charge in [-0.05, 0) is 37.0 Å². The Morgan fingerprint density at radius 3 is 2.59 bits per heavy atom. The van der Waals surface area contributed by atoms with E-state index >= 15 is 0 Å². The summed E-state index contributed by atoms with van der Waals surface area (Å²) in [4.78, 5) is 16.0. The number of rotatable bonds is 5. The number of pyridine rings is 1. The van der Waals surface area contributed by atoms with E-state index in [4.69, 9.17) is 4.74 Å². The lowest BCUT2D eigenvalue weighted by molar-refractivity contribution is 0.0520. The molecule has 0 amide bonds. The summed E-state index contributed by atoms with van der Waals surface area (Å²) in [7, 11) is 0. The summed E-state index contributed by atoms with van der Waals surface area (Å²) in [5.74, 6) is -0.378. The van der Waals surface area contributed by atoms with Crippen molar-refractivity contribution in [1.82, 2.24) is 9.38 Å². The molecule has 0 saturated heterocycles. The van der Waals surface area contributed by atoms with E-state index < -0.39 is 0 Å². The number of ether oxygens (including phenoxy) is 1. The summed E-state index contributed by atoms with van der Waals surface area (Å²) in [6.45, 7) is 2.14. The molecular formula is C18H18N2O2. The molecule has 3 aromatic rings. The first kappa shape index (κ1) is 14.3. The van der Waals surface area contributed by atoms with Crippen molar-refractivity contribution in [2.45, 2.75) is 19.8 Å². The summed E-state index contributed by atoms with van der Waals surface area (Å²) in [5.41, 5.74) is 3.64. The van der Waals surface area contributed by atoms with Gasteiger partial charge in [-0.25, -0.2) is 9.78 Å². The van der Waals surface area contributed by atoms with Gasteiger partial charge in [-0.1, -0.05) is 36.4 Å². The summed E-state index contributed by atoms with van der Waals surface area (Å²) in [6.07, 6.45) is 5.69. The lowest BCUT2D eigenvalue weighted by atomic mass is 10.1. The summed E-state index contributed by atoms with van der Waals surface area (Å²) >= 11 is 0. The van der Waals surface area contributed by atoms with Crippen LogP contribution in [-0.2, 0) is 17.6 Å². The molecule has 0 aliphatic heterocycles. The van der Waals surface area contributed by atoms with Gasteiger partial charge in [0, 0.05) is 12.4 Å². The molecule has 112 valence electrons. The van der Waals surface area contributed by atoms with Crippen LogP contribution in [0.2, 0.25) is 0 Å². The third-order valence-corrected chi connectivity index (χ3v) is 3.54. The summed E-state index contributed by atoms with van der Waals surface area (Å²) in [5, 5.41) is 0. The van der Waals surface area contributed by atoms with Crippen molar-refractivity contribution in [3.05, 3.63) is 71.7 Å². The highest BCUT2D eigenvalue weighted by Crippen LogP contribution is 2.11. The fraction of sp³-hybridized carbons (Fsp3) is 0.222. The molecule has 0 aliphatic rings. The molecule has 0 N–H and O–H groups in total. The minimum Gasteiger partial charge on any atom is -0.461 e. The van der Waals surface area contributed by atoms with Gasteiger partial charge in [0.25, 0.3) is 0 Å². The first-order chi connectivity index (χ1) is 10.8. The van der Waals surface area contributed by atoms with Gasteiger partial charge >= 0.3 is 5.97 Å². The van der Waals surface area contributed by atoms with E-state index in [1.165, 1.54) is 11.1 Å². The van der Waals surface area contributed by atoms with Gasteiger partial charge in [0.05, 0.1) is 6.61 Å². The van der Waals surface area contributed by atoms with Crippen LogP contribution in [0.25, 0.3) is 5.65 Å². The van der Waals surface area contributed by atoms with Crippen molar-refractivity contribution >= 4 is 11.6 Å². The Morgan fingerprint density at radius 1 is 1.05 bits per heavy atom. The van der Waals surface area contributed by atoms with Crippen molar-refractivity contribution in [3.8, 4) is 0 Å². The van der Waals surface area contributed by atoms with Crippen LogP contribution < -0.4 is 0 Å². The number of aryl methyl sites for hydroxylation is 2. The maximum atomic E-state index is 11.7. The molecule has 22 heavy (non-hydrogen) atoms. The van der Waals surface area contributed by atoms with E-state index in [-0.39, 0.29) is 5.97 Å². The minimum absolute atomic E-state index is 0.349. The highest BCUT2D eigenvalue weighted by atomic mass is 16.5. The molecule has 2 aromatic heterocycles. The Morgan fingerprint density at radius 2 is 1.82 bits per heavy atom. The van der Waals surface area contributed by atoms with Gasteiger partial charge in [0.2, 0.25) is 0 Å². The van der Waals surface area contributed by atoms with Crippen LogP contribution in [0.15, 0.2) is 54.9 Å². The van der Waals surface area contributed by atoms with E-state index in [2.05, 4.69) is 35.3 Å². The Hall–Kier alpha value is -2.62. The van der Waals surface area contributed by atoms with Crippen LogP contribution in [0.5, 0.6) is 0 Å². The van der Waals surface area contributed by atoms with Gasteiger partial charge in [-0.2, -0.15) is 0 Å². The summed E-state index contributed by atoms with van der Waals surface area (Å²) in [6, 6.07) is 14.4. The van der Waals surface area contributed by atoms with Crippen LogP contribution >= 0.6 is 0 Å². The SMILES string of the molecule is CCOC(=O)c1cn2cc(CCc3ccccc3)ccc2n1. The Bertz CT molecular complexity index is 778. The molecule has 0 fully saturated rings. The Balaban J connectivity index is 1.76. The average molecular weight is 294 g/mol. The molecule has 0 spiro atoms. The van der Waals surface area contributed by atoms with E-state index in [1.54, 1.807) is 13.1 Å². The number of aromatic nitrogens is 2. The molecule has 0 bridgehead atoms. The highest BCUT2D eigenvalue weighted by Gasteiger charge is 2.11. The molecule has 4 nitrogen and oxygen atoms in total. The zero-order valence-corrected chi connectivity index (χ0v) is 12.5. The van der Waals surface area contributed by atoms with E-state index in [0.29, 0.717) is 12.3 Å². The fourth-order valence-electron chi connectivity index (χ4n) is 2.42. The predicted molar refractivity (Wildman–Crippen MR) is 85.0 cm³/mol. The largest absolute Gasteiger partial charge is 0.461 e. The minimum atomic E-state index is -0.378. The van der Waals surface area contributed by atoms with Crippen LogP contribution in [0, 0.1) is 0 Å². The number of benzene rings is 1. The van der Waals surface area contributed by atoms with Crippen molar-refractivity contribution in [2.24, 2.45) is 0 Å². The van der Waals surface area contributed by atoms with Crippen molar-refractivity contribution in [3.63, 3.8) is 0 Å². The predicted octanol–water partition coefficient (Wildman–Crippen LogP) is 3.30. The molecule has 2 heterocycles. The molecule has 0 atom stereocenters.